The van der Waals surface area contributed by atoms with Crippen LogP contribution < -0.4 is 9.47 Å². The van der Waals surface area contributed by atoms with Crippen LogP contribution in [0, 0.1) is 0 Å². The normalized spacial score (nSPS) is 18.3. The molecule has 1 unspecified atom stereocenters. The van der Waals surface area contributed by atoms with Crippen LogP contribution in [0.4, 0.5) is 0 Å². The second-order valence-corrected chi connectivity index (χ2v) is 8.21. The fraction of sp³-hybridized carbons (Fsp3) is 0.391. The molecule has 0 saturated carbocycles. The van der Waals surface area contributed by atoms with E-state index in [2.05, 4.69) is 0 Å². The van der Waals surface area contributed by atoms with Gasteiger partial charge in [0.25, 0.3) is 5.91 Å². The molecule has 30 heavy (non-hydrogen) atoms. The molecule has 1 fully saturated rings. The summed E-state index contributed by atoms with van der Waals surface area (Å²) in [7, 11) is 1.58. The van der Waals surface area contributed by atoms with Gasteiger partial charge in [-0.25, -0.2) is 0 Å². The number of amides is 1. The van der Waals surface area contributed by atoms with Crippen molar-refractivity contribution in [2.24, 2.45) is 0 Å². The molecule has 0 bridgehead atoms. The Morgan fingerprint density at radius 1 is 1.23 bits per heavy atom. The SMILES string of the molecule is COc1cc(SC)ccc1C(=O)N1CCOC(COc2cccc3c2CCC3=O)C1. The summed E-state index contributed by atoms with van der Waals surface area (Å²) in [5.41, 5.74) is 2.29. The fourth-order valence-electron chi connectivity index (χ4n) is 3.93. The number of hydrogen-bond acceptors (Lipinski definition) is 6. The van der Waals surface area contributed by atoms with Crippen molar-refractivity contribution in [2.45, 2.75) is 23.8 Å². The average Bonchev–Trinajstić information content (AvgIpc) is 3.18. The maximum Gasteiger partial charge on any atom is 0.257 e. The van der Waals surface area contributed by atoms with Gasteiger partial charge in [-0.15, -0.1) is 11.8 Å². The summed E-state index contributed by atoms with van der Waals surface area (Å²) in [6.45, 7) is 1.76. The van der Waals surface area contributed by atoms with Crippen LogP contribution in [-0.4, -0.2) is 62.4 Å². The van der Waals surface area contributed by atoms with E-state index >= 15 is 0 Å². The van der Waals surface area contributed by atoms with Gasteiger partial charge in [0, 0.05) is 29.0 Å². The second kappa shape index (κ2) is 9.10. The van der Waals surface area contributed by atoms with Gasteiger partial charge in [-0.2, -0.15) is 0 Å². The van der Waals surface area contributed by atoms with Crippen LogP contribution in [-0.2, 0) is 11.2 Å². The van der Waals surface area contributed by atoms with Gasteiger partial charge in [-0.3, -0.25) is 9.59 Å². The molecular formula is C23H25NO5S. The van der Waals surface area contributed by atoms with Crippen LogP contribution in [0.1, 0.15) is 32.7 Å². The molecule has 1 saturated heterocycles. The number of hydrogen-bond donors (Lipinski definition) is 0. The van der Waals surface area contributed by atoms with Crippen molar-refractivity contribution in [1.82, 2.24) is 4.90 Å². The molecule has 1 aliphatic carbocycles. The lowest BCUT2D eigenvalue weighted by molar-refractivity contribution is -0.0402. The first-order chi connectivity index (χ1) is 14.6. The number of thioether (sulfide) groups is 1. The molecule has 1 heterocycles. The number of carbonyl (C=O) groups is 2. The summed E-state index contributed by atoms with van der Waals surface area (Å²) >= 11 is 1.61. The second-order valence-electron chi connectivity index (χ2n) is 7.33. The van der Waals surface area contributed by atoms with Gasteiger partial charge >= 0.3 is 0 Å². The third-order valence-electron chi connectivity index (χ3n) is 5.53. The van der Waals surface area contributed by atoms with Crippen molar-refractivity contribution in [2.75, 3.05) is 39.7 Å². The number of rotatable bonds is 6. The maximum absolute atomic E-state index is 13.1. The molecule has 0 aromatic heterocycles. The first kappa shape index (κ1) is 20.8. The molecule has 1 atom stereocenters. The highest BCUT2D eigenvalue weighted by molar-refractivity contribution is 7.98. The largest absolute Gasteiger partial charge is 0.496 e. The van der Waals surface area contributed by atoms with E-state index in [4.69, 9.17) is 14.2 Å². The lowest BCUT2D eigenvalue weighted by Crippen LogP contribution is -2.47. The number of ketones is 1. The molecule has 0 spiro atoms. The maximum atomic E-state index is 13.1. The van der Waals surface area contributed by atoms with Crippen molar-refractivity contribution < 1.29 is 23.8 Å². The van der Waals surface area contributed by atoms with E-state index in [1.165, 1.54) is 0 Å². The number of fused-ring (bicyclic) bond motifs is 1. The van der Waals surface area contributed by atoms with Crippen LogP contribution in [0.15, 0.2) is 41.3 Å². The Hall–Kier alpha value is -2.51. The van der Waals surface area contributed by atoms with Crippen molar-refractivity contribution in [1.29, 1.82) is 0 Å². The Balaban J connectivity index is 1.42. The molecule has 158 valence electrons. The molecule has 2 aromatic rings. The number of carbonyl (C=O) groups excluding carboxylic acids is 2. The van der Waals surface area contributed by atoms with Crippen molar-refractivity contribution in [3.8, 4) is 11.5 Å². The lowest BCUT2D eigenvalue weighted by atomic mass is 10.1. The molecule has 1 aliphatic heterocycles. The van der Waals surface area contributed by atoms with E-state index in [9.17, 15) is 9.59 Å². The lowest BCUT2D eigenvalue weighted by Gasteiger charge is -2.33. The number of ether oxygens (including phenoxy) is 3. The summed E-state index contributed by atoms with van der Waals surface area (Å²) in [6.07, 6.45) is 3.01. The zero-order valence-corrected chi connectivity index (χ0v) is 18.0. The van der Waals surface area contributed by atoms with Gasteiger partial charge in [0.05, 0.1) is 25.8 Å². The minimum atomic E-state index is -0.230. The van der Waals surface area contributed by atoms with E-state index in [1.54, 1.807) is 23.8 Å². The number of nitrogens with zero attached hydrogens (tertiary/aromatic N) is 1. The molecule has 2 aromatic carbocycles. The third-order valence-corrected chi connectivity index (χ3v) is 6.25. The zero-order chi connectivity index (χ0) is 21.1. The fourth-order valence-corrected chi connectivity index (χ4v) is 4.36. The summed E-state index contributed by atoms with van der Waals surface area (Å²) in [5, 5.41) is 0. The van der Waals surface area contributed by atoms with Gasteiger partial charge in [-0.1, -0.05) is 12.1 Å². The highest BCUT2D eigenvalue weighted by Crippen LogP contribution is 2.31. The summed E-state index contributed by atoms with van der Waals surface area (Å²) < 4.78 is 17.3. The summed E-state index contributed by atoms with van der Waals surface area (Å²) in [6, 6.07) is 11.2. The molecule has 7 heteroatoms. The Morgan fingerprint density at radius 2 is 2.10 bits per heavy atom. The van der Waals surface area contributed by atoms with Gasteiger partial charge in [0.15, 0.2) is 5.78 Å². The molecular weight excluding hydrogens is 402 g/mol. The molecule has 4 rings (SSSR count). The van der Waals surface area contributed by atoms with Gasteiger partial charge in [-0.05, 0) is 36.9 Å². The van der Waals surface area contributed by atoms with E-state index in [0.29, 0.717) is 50.5 Å². The van der Waals surface area contributed by atoms with Gasteiger partial charge < -0.3 is 19.1 Å². The first-order valence-electron chi connectivity index (χ1n) is 10.0. The Labute approximate surface area is 180 Å². The van der Waals surface area contributed by atoms with Crippen molar-refractivity contribution >= 4 is 23.5 Å². The van der Waals surface area contributed by atoms with E-state index in [-0.39, 0.29) is 17.8 Å². The van der Waals surface area contributed by atoms with Crippen molar-refractivity contribution in [3.63, 3.8) is 0 Å². The predicted octanol–water partition coefficient (Wildman–Crippen LogP) is 3.47. The van der Waals surface area contributed by atoms with Crippen LogP contribution in [0.25, 0.3) is 0 Å². The average molecular weight is 428 g/mol. The van der Waals surface area contributed by atoms with Gasteiger partial charge in [0.1, 0.15) is 24.2 Å². The monoisotopic (exact) mass is 427 g/mol. The quantitative estimate of drug-likeness (QED) is 0.658. The molecule has 2 aliphatic rings. The van der Waals surface area contributed by atoms with Crippen LogP contribution >= 0.6 is 11.8 Å². The number of methoxy groups -OCH3 is 1. The smallest absolute Gasteiger partial charge is 0.257 e. The predicted molar refractivity (Wildman–Crippen MR) is 115 cm³/mol. The Kier molecular flexibility index (Phi) is 6.29. The van der Waals surface area contributed by atoms with Crippen LogP contribution in [0.5, 0.6) is 11.5 Å². The highest BCUT2D eigenvalue weighted by Gasteiger charge is 2.28. The van der Waals surface area contributed by atoms with E-state index in [1.807, 2.05) is 42.7 Å². The van der Waals surface area contributed by atoms with Crippen LogP contribution in [0.3, 0.4) is 0 Å². The number of Topliss-reactive ketones (excluding diaryl/α,β-unsaturated/α-hetero) is 1. The third kappa shape index (κ3) is 4.18. The van der Waals surface area contributed by atoms with Crippen LogP contribution in [0.2, 0.25) is 0 Å². The first-order valence-corrected chi connectivity index (χ1v) is 11.2. The Bertz CT molecular complexity index is 961. The van der Waals surface area contributed by atoms with Crippen molar-refractivity contribution in [3.05, 3.63) is 53.1 Å². The topological polar surface area (TPSA) is 65.1 Å². The molecule has 0 radical (unpaired) electrons. The standard InChI is InChI=1S/C23H25NO5S/c1-27-22-12-16(30-2)6-7-19(22)23(26)24-10-11-28-15(13-24)14-29-21-5-3-4-17-18(21)8-9-20(17)25/h3-7,12,15H,8-11,13-14H2,1-2H3. The Morgan fingerprint density at radius 3 is 2.90 bits per heavy atom. The minimum absolute atomic E-state index is 0.0704. The van der Waals surface area contributed by atoms with Gasteiger partial charge in [0.2, 0.25) is 0 Å². The van der Waals surface area contributed by atoms with E-state index in [0.717, 1.165) is 21.8 Å². The number of benzene rings is 2. The molecule has 0 N–H and O–H groups in total. The van der Waals surface area contributed by atoms with E-state index < -0.39 is 0 Å². The highest BCUT2D eigenvalue weighted by atomic mass is 32.2. The summed E-state index contributed by atoms with van der Waals surface area (Å²) in [5.74, 6) is 1.41. The number of morpholine rings is 1. The minimum Gasteiger partial charge on any atom is -0.496 e. The molecule has 6 nitrogen and oxygen atoms in total. The zero-order valence-electron chi connectivity index (χ0n) is 17.2. The summed E-state index contributed by atoms with van der Waals surface area (Å²) in [4.78, 5) is 27.9. The molecule has 1 amide bonds.